The van der Waals surface area contributed by atoms with Crippen molar-refractivity contribution in [1.29, 1.82) is 0 Å². The summed E-state index contributed by atoms with van der Waals surface area (Å²) in [5, 5.41) is 20.0. The summed E-state index contributed by atoms with van der Waals surface area (Å²) >= 11 is 0. The van der Waals surface area contributed by atoms with Gasteiger partial charge in [-0.25, -0.2) is 4.79 Å². The standard InChI is InChI=1S/C11H18N4O2/c1-7(2)12-11-14-13-9(10(16)17)15(11)8-5-3-4-6-8/h7-8H,3-6H2,1-2H3,(H,12,14)(H,16,17). The van der Waals surface area contributed by atoms with E-state index in [0.29, 0.717) is 5.95 Å². The summed E-state index contributed by atoms with van der Waals surface area (Å²) in [7, 11) is 0. The first kappa shape index (κ1) is 11.9. The Labute approximate surface area is 100 Å². The fourth-order valence-electron chi connectivity index (χ4n) is 2.30. The Kier molecular flexibility index (Phi) is 3.31. The first-order valence-corrected chi connectivity index (χ1v) is 6.04. The van der Waals surface area contributed by atoms with Gasteiger partial charge >= 0.3 is 5.97 Å². The highest BCUT2D eigenvalue weighted by Crippen LogP contribution is 2.32. The summed E-state index contributed by atoms with van der Waals surface area (Å²) in [4.78, 5) is 11.1. The molecule has 0 amide bonds. The van der Waals surface area contributed by atoms with Gasteiger partial charge in [0.2, 0.25) is 11.8 Å². The molecule has 0 saturated heterocycles. The third kappa shape index (κ3) is 2.40. The van der Waals surface area contributed by atoms with Crippen LogP contribution >= 0.6 is 0 Å². The van der Waals surface area contributed by atoms with Crippen molar-refractivity contribution < 1.29 is 9.90 Å². The number of carboxylic acids is 1. The van der Waals surface area contributed by atoms with Gasteiger partial charge in [-0.3, -0.25) is 4.57 Å². The Morgan fingerprint density at radius 2 is 2.06 bits per heavy atom. The first-order valence-electron chi connectivity index (χ1n) is 6.04. The second kappa shape index (κ2) is 4.73. The van der Waals surface area contributed by atoms with E-state index in [1.165, 1.54) is 0 Å². The van der Waals surface area contributed by atoms with E-state index in [9.17, 15) is 4.79 Å². The number of carbonyl (C=O) groups is 1. The van der Waals surface area contributed by atoms with Crippen molar-refractivity contribution >= 4 is 11.9 Å². The summed E-state index contributed by atoms with van der Waals surface area (Å²) in [5.41, 5.74) is 0. The van der Waals surface area contributed by atoms with E-state index in [1.54, 1.807) is 4.57 Å². The van der Waals surface area contributed by atoms with Crippen LogP contribution in [0.2, 0.25) is 0 Å². The molecule has 94 valence electrons. The van der Waals surface area contributed by atoms with Gasteiger partial charge in [0.15, 0.2) is 0 Å². The summed E-state index contributed by atoms with van der Waals surface area (Å²) in [6, 6.07) is 0.429. The molecule has 1 aliphatic carbocycles. The van der Waals surface area contributed by atoms with E-state index in [0.717, 1.165) is 25.7 Å². The Morgan fingerprint density at radius 3 is 2.59 bits per heavy atom. The number of aromatic carboxylic acids is 1. The highest BCUT2D eigenvalue weighted by atomic mass is 16.4. The summed E-state index contributed by atoms with van der Waals surface area (Å²) < 4.78 is 1.75. The Morgan fingerprint density at radius 1 is 1.41 bits per heavy atom. The lowest BCUT2D eigenvalue weighted by Crippen LogP contribution is -2.19. The lowest BCUT2D eigenvalue weighted by molar-refractivity contribution is 0.0675. The number of nitrogens with zero attached hydrogens (tertiary/aromatic N) is 3. The quantitative estimate of drug-likeness (QED) is 0.837. The number of hydrogen-bond acceptors (Lipinski definition) is 4. The number of hydrogen-bond donors (Lipinski definition) is 2. The minimum atomic E-state index is -1.01. The van der Waals surface area contributed by atoms with Gasteiger partial charge in [-0.15, -0.1) is 10.2 Å². The molecule has 0 aliphatic heterocycles. The predicted octanol–water partition coefficient (Wildman–Crippen LogP) is 1.91. The van der Waals surface area contributed by atoms with Gasteiger partial charge in [0.25, 0.3) is 0 Å². The monoisotopic (exact) mass is 238 g/mol. The van der Waals surface area contributed by atoms with Crippen LogP contribution in [0.4, 0.5) is 5.95 Å². The SMILES string of the molecule is CC(C)Nc1nnc(C(=O)O)n1C1CCCC1. The second-order valence-electron chi connectivity index (χ2n) is 4.76. The van der Waals surface area contributed by atoms with E-state index in [2.05, 4.69) is 15.5 Å². The second-order valence-corrected chi connectivity index (χ2v) is 4.76. The molecule has 1 aliphatic rings. The van der Waals surface area contributed by atoms with Gasteiger partial charge in [0, 0.05) is 12.1 Å². The van der Waals surface area contributed by atoms with Crippen molar-refractivity contribution in [1.82, 2.24) is 14.8 Å². The van der Waals surface area contributed by atoms with Crippen LogP contribution in [0.15, 0.2) is 0 Å². The van der Waals surface area contributed by atoms with Crippen molar-refractivity contribution in [3.05, 3.63) is 5.82 Å². The van der Waals surface area contributed by atoms with Crippen molar-refractivity contribution in [3.8, 4) is 0 Å². The van der Waals surface area contributed by atoms with E-state index >= 15 is 0 Å². The molecule has 0 unspecified atom stereocenters. The van der Waals surface area contributed by atoms with Gasteiger partial charge in [0.05, 0.1) is 0 Å². The molecule has 1 heterocycles. The van der Waals surface area contributed by atoms with E-state index in [4.69, 9.17) is 5.11 Å². The lowest BCUT2D eigenvalue weighted by Gasteiger charge is -2.17. The molecule has 1 aromatic heterocycles. The maximum atomic E-state index is 11.1. The first-order chi connectivity index (χ1) is 8.09. The fourth-order valence-corrected chi connectivity index (χ4v) is 2.30. The largest absolute Gasteiger partial charge is 0.475 e. The number of rotatable bonds is 4. The van der Waals surface area contributed by atoms with Crippen LogP contribution in [0.25, 0.3) is 0 Å². The molecule has 0 spiro atoms. The van der Waals surface area contributed by atoms with Crippen LogP contribution in [-0.4, -0.2) is 31.9 Å². The molecule has 1 aromatic rings. The van der Waals surface area contributed by atoms with Crippen molar-refractivity contribution in [2.24, 2.45) is 0 Å². The van der Waals surface area contributed by atoms with Gasteiger partial charge < -0.3 is 10.4 Å². The number of nitrogens with one attached hydrogen (secondary N) is 1. The molecule has 0 bridgehead atoms. The number of carboxylic acid groups (broad SMARTS) is 1. The molecule has 6 heteroatoms. The summed E-state index contributed by atoms with van der Waals surface area (Å²) in [5.74, 6) is -0.398. The maximum Gasteiger partial charge on any atom is 0.374 e. The van der Waals surface area contributed by atoms with Crippen LogP contribution in [0.1, 0.15) is 56.2 Å². The number of aromatic nitrogens is 3. The highest BCUT2D eigenvalue weighted by molar-refractivity contribution is 5.84. The van der Waals surface area contributed by atoms with Gasteiger partial charge in [-0.05, 0) is 26.7 Å². The van der Waals surface area contributed by atoms with Gasteiger partial charge in [-0.1, -0.05) is 12.8 Å². The molecule has 0 aromatic carbocycles. The zero-order valence-corrected chi connectivity index (χ0v) is 10.2. The minimum Gasteiger partial charge on any atom is -0.475 e. The topological polar surface area (TPSA) is 80.0 Å². The summed E-state index contributed by atoms with van der Waals surface area (Å²) in [6.07, 6.45) is 4.29. The van der Waals surface area contributed by atoms with Gasteiger partial charge in [0.1, 0.15) is 0 Å². The molecule has 2 N–H and O–H groups in total. The average molecular weight is 238 g/mol. The zero-order chi connectivity index (χ0) is 12.4. The van der Waals surface area contributed by atoms with Gasteiger partial charge in [-0.2, -0.15) is 0 Å². The van der Waals surface area contributed by atoms with Crippen LogP contribution in [0.5, 0.6) is 0 Å². The fraction of sp³-hybridized carbons (Fsp3) is 0.727. The molecule has 17 heavy (non-hydrogen) atoms. The van der Waals surface area contributed by atoms with Crippen molar-refractivity contribution in [2.45, 2.75) is 51.6 Å². The normalized spacial score (nSPS) is 16.6. The van der Waals surface area contributed by atoms with Crippen LogP contribution < -0.4 is 5.32 Å². The molecule has 6 nitrogen and oxygen atoms in total. The number of anilines is 1. The Bertz CT molecular complexity index is 408. The maximum absolute atomic E-state index is 11.1. The third-order valence-electron chi connectivity index (χ3n) is 2.99. The Balaban J connectivity index is 2.35. The molecule has 0 radical (unpaired) electrons. The smallest absolute Gasteiger partial charge is 0.374 e. The zero-order valence-electron chi connectivity index (χ0n) is 10.2. The molecular weight excluding hydrogens is 220 g/mol. The molecule has 0 atom stereocenters. The van der Waals surface area contributed by atoms with Crippen molar-refractivity contribution in [3.63, 3.8) is 0 Å². The highest BCUT2D eigenvalue weighted by Gasteiger charge is 2.27. The minimum absolute atomic E-state index is 0.0417. The third-order valence-corrected chi connectivity index (χ3v) is 2.99. The van der Waals surface area contributed by atoms with E-state index in [-0.39, 0.29) is 17.9 Å². The van der Waals surface area contributed by atoms with E-state index < -0.39 is 5.97 Å². The lowest BCUT2D eigenvalue weighted by atomic mass is 10.2. The van der Waals surface area contributed by atoms with Crippen LogP contribution in [-0.2, 0) is 0 Å². The molecular formula is C11H18N4O2. The Hall–Kier alpha value is -1.59. The predicted molar refractivity (Wildman–Crippen MR) is 63.2 cm³/mol. The van der Waals surface area contributed by atoms with Crippen LogP contribution in [0, 0.1) is 0 Å². The molecule has 1 fully saturated rings. The summed E-state index contributed by atoms with van der Waals surface area (Å²) in [6.45, 7) is 3.99. The molecule has 1 saturated carbocycles. The molecule has 2 rings (SSSR count). The van der Waals surface area contributed by atoms with E-state index in [1.807, 2.05) is 13.8 Å². The van der Waals surface area contributed by atoms with Crippen LogP contribution in [0.3, 0.4) is 0 Å². The van der Waals surface area contributed by atoms with Crippen molar-refractivity contribution in [2.75, 3.05) is 5.32 Å². The average Bonchev–Trinajstić information content (AvgIpc) is 2.83.